The zero-order chi connectivity index (χ0) is 13.9. The fourth-order valence-corrected chi connectivity index (χ4v) is 2.55. The van der Waals surface area contributed by atoms with Crippen molar-refractivity contribution in [2.24, 2.45) is 0 Å². The highest BCUT2D eigenvalue weighted by molar-refractivity contribution is 6.24. The molecular weight excluding hydrogens is 270 g/mol. The monoisotopic (exact) mass is 283 g/mol. The number of benzene rings is 2. The smallest absolute Gasteiger partial charge is 0.182 e. The molecule has 0 fully saturated rings. The third-order valence-corrected chi connectivity index (χ3v) is 3.73. The van der Waals surface area contributed by atoms with Crippen LogP contribution in [0.2, 0.25) is 0 Å². The maximum Gasteiger partial charge on any atom is 0.182 e. The summed E-state index contributed by atoms with van der Waals surface area (Å²) in [6.07, 6.45) is 3.92. The van der Waals surface area contributed by atoms with Gasteiger partial charge in [0.25, 0.3) is 0 Å². The number of Topliss-reactive ketones (excluding diaryl/α,β-unsaturated/α-hetero) is 1. The highest BCUT2D eigenvalue weighted by Gasteiger charge is 2.17. The molecule has 0 aliphatic carbocycles. The fourth-order valence-electron chi connectivity index (χ4n) is 2.29. The second-order valence-corrected chi connectivity index (χ2v) is 5.21. The van der Waals surface area contributed by atoms with Crippen molar-refractivity contribution < 1.29 is 4.79 Å². The molecule has 1 aliphatic heterocycles. The molecule has 0 radical (unpaired) electrons. The van der Waals surface area contributed by atoms with Crippen LogP contribution in [0.3, 0.4) is 0 Å². The predicted octanol–water partition coefficient (Wildman–Crippen LogP) is 1.97. The van der Waals surface area contributed by atoms with E-state index in [2.05, 4.69) is 0 Å². The Morgan fingerprint density at radius 3 is 2.40 bits per heavy atom. The third kappa shape index (κ3) is 2.61. The molecule has 1 unspecified atom stereocenters. The molecule has 1 heterocycles. The maximum atomic E-state index is 12.2. The lowest BCUT2D eigenvalue weighted by atomic mass is 10.1. The average molecular weight is 284 g/mol. The average Bonchev–Trinajstić information content (AvgIpc) is 2.49. The number of nitrogens with zero attached hydrogens (tertiary/aromatic N) is 1. The van der Waals surface area contributed by atoms with E-state index in [0.29, 0.717) is 5.56 Å². The topological polar surface area (TPSA) is 20.3 Å². The van der Waals surface area contributed by atoms with Crippen molar-refractivity contribution in [3.63, 3.8) is 0 Å². The summed E-state index contributed by atoms with van der Waals surface area (Å²) in [6, 6.07) is 17.3. The zero-order valence-electron chi connectivity index (χ0n) is 10.9. The molecule has 1 aliphatic rings. The summed E-state index contributed by atoms with van der Waals surface area (Å²) in [6.45, 7) is 0.281. The summed E-state index contributed by atoms with van der Waals surface area (Å²) in [7, 11) is 0. The minimum absolute atomic E-state index is 0.0697. The lowest BCUT2D eigenvalue weighted by Crippen LogP contribution is -2.41. The summed E-state index contributed by atoms with van der Waals surface area (Å²) in [5, 5.41) is 2.20. The Bertz CT molecular complexity index is 739. The Balaban J connectivity index is 1.86. The van der Waals surface area contributed by atoms with Crippen molar-refractivity contribution in [2.75, 3.05) is 6.54 Å². The first kappa shape index (κ1) is 12.9. The van der Waals surface area contributed by atoms with Gasteiger partial charge in [0.2, 0.25) is 0 Å². The summed E-state index contributed by atoms with van der Waals surface area (Å²) < 4.78 is 0. The molecular formula is C17H14ClNO. The van der Waals surface area contributed by atoms with Crippen LogP contribution in [0, 0.1) is 0 Å². The molecule has 1 atom stereocenters. The second kappa shape index (κ2) is 5.51. The van der Waals surface area contributed by atoms with Gasteiger partial charge >= 0.3 is 0 Å². The maximum absolute atomic E-state index is 12.2. The van der Waals surface area contributed by atoms with E-state index in [1.54, 1.807) is 0 Å². The normalized spacial score (nSPS) is 16.9. The van der Waals surface area contributed by atoms with E-state index in [1.165, 1.54) is 0 Å². The largest absolute Gasteiger partial charge is 0.350 e. The van der Waals surface area contributed by atoms with Crippen molar-refractivity contribution in [1.82, 2.24) is 4.90 Å². The van der Waals surface area contributed by atoms with E-state index in [9.17, 15) is 4.79 Å². The van der Waals surface area contributed by atoms with Crippen molar-refractivity contribution >= 4 is 29.7 Å². The molecule has 3 rings (SSSR count). The molecule has 2 aromatic rings. The Morgan fingerprint density at radius 2 is 1.65 bits per heavy atom. The highest BCUT2D eigenvalue weighted by Crippen LogP contribution is 2.11. The Kier molecular flexibility index (Phi) is 3.57. The number of rotatable bonds is 3. The summed E-state index contributed by atoms with van der Waals surface area (Å²) >= 11 is 6.33. The number of alkyl halides is 1. The van der Waals surface area contributed by atoms with Gasteiger partial charge in [0, 0.05) is 11.8 Å². The van der Waals surface area contributed by atoms with Crippen LogP contribution in [0.1, 0.15) is 10.4 Å². The van der Waals surface area contributed by atoms with Crippen LogP contribution in [-0.2, 0) is 0 Å². The van der Waals surface area contributed by atoms with Gasteiger partial charge in [-0.2, -0.15) is 0 Å². The minimum atomic E-state index is -0.294. The molecule has 2 nitrogen and oxygen atoms in total. The number of ketones is 1. The fraction of sp³-hybridized carbons (Fsp3) is 0.118. The highest BCUT2D eigenvalue weighted by atomic mass is 35.5. The number of fused-ring (bicyclic) bond motifs is 1. The van der Waals surface area contributed by atoms with E-state index < -0.39 is 0 Å². The van der Waals surface area contributed by atoms with Gasteiger partial charge < -0.3 is 4.90 Å². The Hall–Kier alpha value is -2.06. The molecule has 0 bridgehead atoms. The second-order valence-electron chi connectivity index (χ2n) is 4.76. The SMILES string of the molecule is O=C(CN1C=c2ccccc2=CC1Cl)c1ccccc1. The molecule has 20 heavy (non-hydrogen) atoms. The van der Waals surface area contributed by atoms with Gasteiger partial charge in [-0.3, -0.25) is 4.79 Å². The lowest BCUT2D eigenvalue weighted by Gasteiger charge is -2.25. The van der Waals surface area contributed by atoms with Gasteiger partial charge in [-0.25, -0.2) is 0 Å². The first-order valence-electron chi connectivity index (χ1n) is 6.51. The third-order valence-electron chi connectivity index (χ3n) is 3.36. The van der Waals surface area contributed by atoms with Crippen LogP contribution >= 0.6 is 11.6 Å². The van der Waals surface area contributed by atoms with Gasteiger partial charge in [0.1, 0.15) is 5.50 Å². The van der Waals surface area contributed by atoms with Crippen LogP contribution in [-0.4, -0.2) is 22.7 Å². The van der Waals surface area contributed by atoms with Gasteiger partial charge in [0.15, 0.2) is 5.78 Å². The van der Waals surface area contributed by atoms with Gasteiger partial charge in [0.05, 0.1) is 6.54 Å². The number of halogens is 1. The molecule has 0 N–H and O–H groups in total. The summed E-state index contributed by atoms with van der Waals surface area (Å²) in [5.41, 5.74) is 0.418. The molecule has 3 heteroatoms. The first-order chi connectivity index (χ1) is 9.74. The van der Waals surface area contributed by atoms with Crippen LogP contribution in [0.5, 0.6) is 0 Å². The molecule has 0 aromatic heterocycles. The number of hydrogen-bond donors (Lipinski definition) is 0. The Morgan fingerprint density at radius 1 is 1.00 bits per heavy atom. The number of carbonyl (C=O) groups excluding carboxylic acids is 1. The number of hydrogen-bond acceptors (Lipinski definition) is 2. The standard InChI is InChI=1S/C17H14ClNO/c18-17-10-14-8-4-5-9-15(14)11-19(17)12-16(20)13-6-2-1-3-7-13/h1-11,17H,12H2. The molecule has 2 aromatic carbocycles. The predicted molar refractivity (Wildman–Crippen MR) is 81.7 cm³/mol. The zero-order valence-corrected chi connectivity index (χ0v) is 11.6. The van der Waals surface area contributed by atoms with Gasteiger partial charge in [-0.05, 0) is 16.5 Å². The molecule has 0 saturated carbocycles. The van der Waals surface area contributed by atoms with Crippen molar-refractivity contribution in [3.8, 4) is 0 Å². The van der Waals surface area contributed by atoms with Crippen molar-refractivity contribution in [3.05, 3.63) is 70.6 Å². The van der Waals surface area contributed by atoms with Crippen LogP contribution in [0.4, 0.5) is 0 Å². The van der Waals surface area contributed by atoms with Crippen molar-refractivity contribution in [2.45, 2.75) is 5.50 Å². The van der Waals surface area contributed by atoms with E-state index in [4.69, 9.17) is 11.6 Å². The molecule has 0 saturated heterocycles. The van der Waals surface area contributed by atoms with E-state index in [0.717, 1.165) is 10.4 Å². The Labute approximate surface area is 122 Å². The van der Waals surface area contributed by atoms with E-state index in [1.807, 2.05) is 71.8 Å². The minimum Gasteiger partial charge on any atom is -0.350 e. The first-order valence-corrected chi connectivity index (χ1v) is 6.94. The summed E-state index contributed by atoms with van der Waals surface area (Å²) in [4.78, 5) is 14.1. The van der Waals surface area contributed by atoms with Gasteiger partial charge in [-0.15, -0.1) is 0 Å². The van der Waals surface area contributed by atoms with E-state index in [-0.39, 0.29) is 17.8 Å². The van der Waals surface area contributed by atoms with Crippen molar-refractivity contribution in [1.29, 1.82) is 0 Å². The molecule has 0 spiro atoms. The van der Waals surface area contributed by atoms with Gasteiger partial charge in [-0.1, -0.05) is 66.2 Å². The number of carbonyl (C=O) groups is 1. The van der Waals surface area contributed by atoms with Crippen LogP contribution in [0.15, 0.2) is 54.6 Å². The van der Waals surface area contributed by atoms with Crippen LogP contribution < -0.4 is 10.4 Å². The molecule has 0 amide bonds. The van der Waals surface area contributed by atoms with E-state index >= 15 is 0 Å². The summed E-state index contributed by atoms with van der Waals surface area (Å²) in [5.74, 6) is 0.0697. The van der Waals surface area contributed by atoms with Crippen LogP contribution in [0.25, 0.3) is 12.3 Å². The molecule has 100 valence electrons. The quantitative estimate of drug-likeness (QED) is 0.488. The lowest BCUT2D eigenvalue weighted by molar-refractivity contribution is 0.0962.